The lowest BCUT2D eigenvalue weighted by atomic mass is 10.0. The second-order valence-corrected chi connectivity index (χ2v) is 7.75. The van der Waals surface area contributed by atoms with Crippen LogP contribution in [-0.2, 0) is 16.1 Å². The van der Waals surface area contributed by atoms with E-state index in [0.717, 1.165) is 17.0 Å². The molecule has 0 saturated heterocycles. The van der Waals surface area contributed by atoms with Crippen LogP contribution in [0.25, 0.3) is 5.57 Å². The van der Waals surface area contributed by atoms with Gasteiger partial charge in [0.25, 0.3) is 11.8 Å². The van der Waals surface area contributed by atoms with Crippen LogP contribution in [0.5, 0.6) is 5.75 Å². The minimum atomic E-state index is -1.07. The largest absolute Gasteiger partial charge is 0.491 e. The van der Waals surface area contributed by atoms with Crippen molar-refractivity contribution >= 4 is 23.1 Å². The molecule has 1 N–H and O–H groups in total. The number of hydrogen-bond acceptors (Lipinski definition) is 5. The van der Waals surface area contributed by atoms with Gasteiger partial charge in [0.15, 0.2) is 11.6 Å². The summed E-state index contributed by atoms with van der Waals surface area (Å²) in [5, 5.41) is 2.81. The number of ether oxygens (including phenoxy) is 1. The molecule has 3 aromatic rings. The lowest BCUT2D eigenvalue weighted by molar-refractivity contribution is -0.137. The SMILES string of the molecule is CC(C)Oc1ccc(C2=C(Nc3ccc(F)c(F)c3)C(=O)N(Cc3cccnc3)C2=O)cc1. The molecule has 0 atom stereocenters. The number of hydrogen-bond donors (Lipinski definition) is 1. The summed E-state index contributed by atoms with van der Waals surface area (Å²) < 4.78 is 32.8. The van der Waals surface area contributed by atoms with Gasteiger partial charge in [0.2, 0.25) is 0 Å². The fourth-order valence-electron chi connectivity index (χ4n) is 3.47. The Morgan fingerprint density at radius 2 is 1.76 bits per heavy atom. The van der Waals surface area contributed by atoms with Gasteiger partial charge in [-0.25, -0.2) is 8.78 Å². The molecule has 0 unspecified atom stereocenters. The van der Waals surface area contributed by atoms with Crippen LogP contribution < -0.4 is 10.1 Å². The van der Waals surface area contributed by atoms with Crippen molar-refractivity contribution in [3.8, 4) is 5.75 Å². The first kappa shape index (κ1) is 22.1. The van der Waals surface area contributed by atoms with E-state index in [1.165, 1.54) is 6.07 Å². The van der Waals surface area contributed by atoms with Crippen LogP contribution in [0.15, 0.2) is 72.7 Å². The highest BCUT2D eigenvalue weighted by Gasteiger charge is 2.39. The predicted octanol–water partition coefficient (Wildman–Crippen LogP) is 4.54. The molecule has 168 valence electrons. The Morgan fingerprint density at radius 3 is 2.39 bits per heavy atom. The Labute approximate surface area is 189 Å². The topological polar surface area (TPSA) is 71.5 Å². The van der Waals surface area contributed by atoms with Crippen LogP contribution in [0.3, 0.4) is 0 Å². The number of benzene rings is 2. The average molecular weight is 449 g/mol. The minimum Gasteiger partial charge on any atom is -0.491 e. The number of rotatable bonds is 7. The van der Waals surface area contributed by atoms with Crippen LogP contribution in [0.1, 0.15) is 25.0 Å². The van der Waals surface area contributed by atoms with E-state index < -0.39 is 23.4 Å². The predicted molar refractivity (Wildman–Crippen MR) is 119 cm³/mol. The number of carbonyl (C=O) groups is 2. The summed E-state index contributed by atoms with van der Waals surface area (Å²) >= 11 is 0. The fourth-order valence-corrected chi connectivity index (χ4v) is 3.47. The van der Waals surface area contributed by atoms with Crippen molar-refractivity contribution in [1.29, 1.82) is 0 Å². The maximum atomic E-state index is 13.7. The zero-order valence-electron chi connectivity index (χ0n) is 18.0. The van der Waals surface area contributed by atoms with E-state index in [1.54, 1.807) is 48.8 Å². The molecule has 0 saturated carbocycles. The van der Waals surface area contributed by atoms with Crippen molar-refractivity contribution in [2.75, 3.05) is 5.32 Å². The van der Waals surface area contributed by atoms with E-state index >= 15 is 0 Å². The summed E-state index contributed by atoms with van der Waals surface area (Å²) in [6, 6.07) is 13.4. The number of carbonyl (C=O) groups excluding carboxylic acids is 2. The molecule has 1 aliphatic heterocycles. The molecular formula is C25H21F2N3O3. The highest BCUT2D eigenvalue weighted by Crippen LogP contribution is 2.32. The molecule has 8 heteroatoms. The smallest absolute Gasteiger partial charge is 0.278 e. The van der Waals surface area contributed by atoms with E-state index in [-0.39, 0.29) is 29.6 Å². The van der Waals surface area contributed by atoms with Gasteiger partial charge in [-0.2, -0.15) is 0 Å². The molecule has 2 heterocycles. The van der Waals surface area contributed by atoms with Gasteiger partial charge in [0.05, 0.1) is 18.2 Å². The van der Waals surface area contributed by atoms with E-state index in [2.05, 4.69) is 10.3 Å². The number of pyridine rings is 1. The minimum absolute atomic E-state index is 0.0203. The van der Waals surface area contributed by atoms with Gasteiger partial charge in [0.1, 0.15) is 11.4 Å². The van der Waals surface area contributed by atoms with Gasteiger partial charge in [0, 0.05) is 24.1 Å². The quantitative estimate of drug-likeness (QED) is 0.537. The van der Waals surface area contributed by atoms with Gasteiger partial charge >= 0.3 is 0 Å². The summed E-state index contributed by atoms with van der Waals surface area (Å²) in [5.41, 5.74) is 1.42. The van der Waals surface area contributed by atoms with Crippen molar-refractivity contribution in [2.45, 2.75) is 26.5 Å². The number of aromatic nitrogens is 1. The molecular weight excluding hydrogens is 428 g/mol. The van der Waals surface area contributed by atoms with E-state index in [9.17, 15) is 18.4 Å². The fraction of sp³-hybridized carbons (Fsp3) is 0.160. The molecule has 0 fully saturated rings. The lowest BCUT2D eigenvalue weighted by Crippen LogP contribution is -2.32. The molecule has 0 aliphatic carbocycles. The van der Waals surface area contributed by atoms with Crippen molar-refractivity contribution in [1.82, 2.24) is 9.88 Å². The van der Waals surface area contributed by atoms with Crippen LogP contribution in [0.2, 0.25) is 0 Å². The Balaban J connectivity index is 1.72. The number of nitrogens with one attached hydrogen (secondary N) is 1. The summed E-state index contributed by atoms with van der Waals surface area (Å²) in [4.78, 5) is 31.7. The van der Waals surface area contributed by atoms with Gasteiger partial charge < -0.3 is 10.1 Å². The van der Waals surface area contributed by atoms with Crippen LogP contribution in [-0.4, -0.2) is 27.8 Å². The molecule has 1 aromatic heterocycles. The van der Waals surface area contributed by atoms with Gasteiger partial charge in [-0.05, 0) is 55.3 Å². The molecule has 0 bridgehead atoms. The van der Waals surface area contributed by atoms with Crippen molar-refractivity contribution in [3.05, 3.63) is 95.4 Å². The third-order valence-electron chi connectivity index (χ3n) is 4.94. The third kappa shape index (κ3) is 4.74. The van der Waals surface area contributed by atoms with Crippen LogP contribution in [0, 0.1) is 11.6 Å². The third-order valence-corrected chi connectivity index (χ3v) is 4.94. The first-order valence-corrected chi connectivity index (χ1v) is 10.3. The van der Waals surface area contributed by atoms with Gasteiger partial charge in [-0.15, -0.1) is 0 Å². The van der Waals surface area contributed by atoms with Gasteiger partial charge in [-0.3, -0.25) is 19.5 Å². The molecule has 0 spiro atoms. The molecule has 4 rings (SSSR count). The Morgan fingerprint density at radius 1 is 1.00 bits per heavy atom. The first-order chi connectivity index (χ1) is 15.8. The van der Waals surface area contributed by atoms with Gasteiger partial charge in [-0.1, -0.05) is 18.2 Å². The Bertz CT molecular complexity index is 1230. The normalized spacial score (nSPS) is 13.8. The van der Waals surface area contributed by atoms with E-state index in [1.807, 2.05) is 13.8 Å². The number of nitrogens with zero attached hydrogens (tertiary/aromatic N) is 2. The first-order valence-electron chi connectivity index (χ1n) is 10.3. The summed E-state index contributed by atoms with van der Waals surface area (Å²) in [6.07, 6.45) is 3.14. The molecule has 33 heavy (non-hydrogen) atoms. The van der Waals surface area contributed by atoms with Crippen LogP contribution in [0.4, 0.5) is 14.5 Å². The zero-order valence-corrected chi connectivity index (χ0v) is 18.0. The standard InChI is InChI=1S/C25H21F2N3O3/c1-15(2)33-19-8-5-17(6-9-19)22-23(29-18-7-10-20(26)21(27)12-18)25(32)30(24(22)31)14-16-4-3-11-28-13-16/h3-13,15,29H,14H2,1-2H3. The molecule has 2 amide bonds. The maximum absolute atomic E-state index is 13.7. The molecule has 6 nitrogen and oxygen atoms in total. The summed E-state index contributed by atoms with van der Waals surface area (Å²) in [6.45, 7) is 3.82. The van der Waals surface area contributed by atoms with Crippen LogP contribution >= 0.6 is 0 Å². The van der Waals surface area contributed by atoms with Crippen molar-refractivity contribution < 1.29 is 23.1 Å². The summed E-state index contributed by atoms with van der Waals surface area (Å²) in [5.74, 6) is -2.55. The highest BCUT2D eigenvalue weighted by molar-refractivity contribution is 6.36. The van der Waals surface area contributed by atoms with E-state index in [4.69, 9.17) is 4.74 Å². The molecule has 0 radical (unpaired) electrons. The van der Waals surface area contributed by atoms with Crippen molar-refractivity contribution in [2.24, 2.45) is 0 Å². The van der Waals surface area contributed by atoms with E-state index in [0.29, 0.717) is 16.9 Å². The molecule has 2 aromatic carbocycles. The monoisotopic (exact) mass is 449 g/mol. The summed E-state index contributed by atoms with van der Waals surface area (Å²) in [7, 11) is 0. The maximum Gasteiger partial charge on any atom is 0.278 e. The number of amides is 2. The average Bonchev–Trinajstić information content (AvgIpc) is 3.01. The lowest BCUT2D eigenvalue weighted by Gasteiger charge is -2.15. The second-order valence-electron chi connectivity index (χ2n) is 7.75. The number of anilines is 1. The second kappa shape index (κ2) is 9.20. The number of imide groups is 1. The molecule has 1 aliphatic rings. The number of halogens is 2. The Kier molecular flexibility index (Phi) is 6.17. The highest BCUT2D eigenvalue weighted by atomic mass is 19.2. The zero-order chi connectivity index (χ0) is 23.5. The Hall–Kier alpha value is -4.07. The van der Waals surface area contributed by atoms with Crippen molar-refractivity contribution in [3.63, 3.8) is 0 Å².